The van der Waals surface area contributed by atoms with Gasteiger partial charge in [-0.05, 0) is 13.0 Å². The van der Waals surface area contributed by atoms with Gasteiger partial charge in [-0.3, -0.25) is 4.79 Å². The third-order valence-electron chi connectivity index (χ3n) is 2.67. The largest absolute Gasteiger partial charge is 0.465 e. The van der Waals surface area contributed by atoms with E-state index in [-0.39, 0.29) is 17.1 Å². The van der Waals surface area contributed by atoms with E-state index in [9.17, 15) is 18.3 Å². The molecule has 0 bridgehead atoms. The monoisotopic (exact) mass is 271 g/mol. The maximum Gasteiger partial charge on any atom is 0.327 e. The molecule has 18 heavy (non-hydrogen) atoms. The lowest BCUT2D eigenvalue weighted by atomic mass is 10.0. The van der Waals surface area contributed by atoms with E-state index in [2.05, 4.69) is 4.72 Å². The van der Waals surface area contributed by atoms with Gasteiger partial charge in [-0.1, -0.05) is 18.2 Å². The number of carbonyl (C=O) groups excluding carboxylic acids is 1. The Bertz CT molecular complexity index is 569. The van der Waals surface area contributed by atoms with Crippen molar-refractivity contribution in [1.82, 2.24) is 4.72 Å². The lowest BCUT2D eigenvalue weighted by Crippen LogP contribution is -2.49. The van der Waals surface area contributed by atoms with Crippen molar-refractivity contribution in [2.75, 3.05) is 6.61 Å². The van der Waals surface area contributed by atoms with Crippen LogP contribution in [0.3, 0.4) is 0 Å². The average Bonchev–Trinajstić information content (AvgIpc) is 2.34. The van der Waals surface area contributed by atoms with Crippen LogP contribution in [0.5, 0.6) is 0 Å². The van der Waals surface area contributed by atoms with Crippen LogP contribution in [0.15, 0.2) is 29.2 Å². The molecule has 1 aromatic carbocycles. The second kappa shape index (κ2) is 4.68. The predicted octanol–water partition coefficient (Wildman–Crippen LogP) is -0.0564. The van der Waals surface area contributed by atoms with Gasteiger partial charge in [0.1, 0.15) is 12.1 Å². The number of nitrogens with one attached hydrogen (secondary N) is 1. The molecular formula is C11H13NO5S. The Labute approximate surface area is 105 Å². The zero-order chi connectivity index (χ0) is 13.3. The molecule has 98 valence electrons. The topological polar surface area (TPSA) is 92.7 Å². The first-order valence-corrected chi connectivity index (χ1v) is 6.91. The van der Waals surface area contributed by atoms with Gasteiger partial charge in [-0.2, -0.15) is 4.72 Å². The maximum atomic E-state index is 11.9. The summed E-state index contributed by atoms with van der Waals surface area (Å²) in [4.78, 5) is 11.6. The predicted molar refractivity (Wildman–Crippen MR) is 62.1 cm³/mol. The zero-order valence-electron chi connectivity index (χ0n) is 9.66. The van der Waals surface area contributed by atoms with Crippen molar-refractivity contribution in [3.05, 3.63) is 29.8 Å². The van der Waals surface area contributed by atoms with Crippen LogP contribution in [-0.2, 0) is 19.6 Å². The molecular weight excluding hydrogens is 258 g/mol. The maximum absolute atomic E-state index is 11.9. The fourth-order valence-corrected chi connectivity index (χ4v) is 3.30. The van der Waals surface area contributed by atoms with E-state index in [1.165, 1.54) is 12.1 Å². The first-order valence-electron chi connectivity index (χ1n) is 5.43. The molecule has 2 unspecified atom stereocenters. The number of fused-ring (bicyclic) bond motifs is 1. The van der Waals surface area contributed by atoms with Crippen molar-refractivity contribution in [3.63, 3.8) is 0 Å². The second-order valence-corrected chi connectivity index (χ2v) is 5.52. The second-order valence-electron chi connectivity index (χ2n) is 3.83. The number of aliphatic hydroxyl groups excluding tert-OH is 1. The van der Waals surface area contributed by atoms with E-state index in [1.54, 1.807) is 19.1 Å². The van der Waals surface area contributed by atoms with E-state index in [4.69, 9.17) is 4.74 Å². The Morgan fingerprint density at radius 1 is 1.44 bits per heavy atom. The summed E-state index contributed by atoms with van der Waals surface area (Å²) in [6.45, 7) is 1.72. The van der Waals surface area contributed by atoms with Crippen molar-refractivity contribution in [3.8, 4) is 0 Å². The summed E-state index contributed by atoms with van der Waals surface area (Å²) in [5, 5.41) is 10.0. The number of carbonyl (C=O) groups is 1. The highest BCUT2D eigenvalue weighted by Gasteiger charge is 2.40. The van der Waals surface area contributed by atoms with Crippen LogP contribution in [0.4, 0.5) is 0 Å². The normalized spacial score (nSPS) is 25.2. The van der Waals surface area contributed by atoms with Gasteiger partial charge in [0, 0.05) is 5.56 Å². The molecule has 0 aromatic heterocycles. The minimum atomic E-state index is -3.80. The van der Waals surface area contributed by atoms with Crippen molar-refractivity contribution in [1.29, 1.82) is 0 Å². The third-order valence-corrected chi connectivity index (χ3v) is 4.18. The van der Waals surface area contributed by atoms with E-state index in [1.807, 2.05) is 0 Å². The van der Waals surface area contributed by atoms with Crippen molar-refractivity contribution in [2.24, 2.45) is 0 Å². The molecule has 1 aliphatic rings. The number of ether oxygens (including phenoxy) is 1. The molecule has 0 saturated heterocycles. The quantitative estimate of drug-likeness (QED) is 0.735. The number of aliphatic hydroxyl groups is 1. The highest BCUT2D eigenvalue weighted by atomic mass is 32.2. The minimum absolute atomic E-state index is 0.0157. The molecule has 7 heteroatoms. The Morgan fingerprint density at radius 2 is 2.11 bits per heavy atom. The number of hydrogen-bond acceptors (Lipinski definition) is 5. The van der Waals surface area contributed by atoms with Crippen molar-refractivity contribution < 1.29 is 23.1 Å². The van der Waals surface area contributed by atoms with Gasteiger partial charge in [0.25, 0.3) is 0 Å². The Morgan fingerprint density at radius 3 is 2.78 bits per heavy atom. The number of benzene rings is 1. The van der Waals surface area contributed by atoms with Crippen LogP contribution in [0.1, 0.15) is 18.6 Å². The standard InChI is InChI=1S/C11H13NO5S/c1-2-17-11(14)9-10(13)7-5-3-4-6-8(7)18(15,16)12-9/h3-6,9-10,12-13H,2H2,1H3. The van der Waals surface area contributed by atoms with Gasteiger partial charge in [-0.15, -0.1) is 0 Å². The Hall–Kier alpha value is -1.44. The minimum Gasteiger partial charge on any atom is -0.465 e. The van der Waals surface area contributed by atoms with Gasteiger partial charge in [-0.25, -0.2) is 8.42 Å². The van der Waals surface area contributed by atoms with Gasteiger partial charge >= 0.3 is 5.97 Å². The Balaban J connectivity index is 2.46. The van der Waals surface area contributed by atoms with Crippen molar-refractivity contribution >= 4 is 16.0 Å². The lowest BCUT2D eigenvalue weighted by Gasteiger charge is -2.28. The van der Waals surface area contributed by atoms with E-state index in [0.29, 0.717) is 0 Å². The molecule has 2 atom stereocenters. The SMILES string of the molecule is CCOC(=O)C1NS(=O)(=O)c2ccccc2C1O. The van der Waals surface area contributed by atoms with E-state index >= 15 is 0 Å². The smallest absolute Gasteiger partial charge is 0.327 e. The molecule has 1 aromatic rings. The zero-order valence-corrected chi connectivity index (χ0v) is 10.5. The molecule has 6 nitrogen and oxygen atoms in total. The van der Waals surface area contributed by atoms with Crippen LogP contribution in [0.2, 0.25) is 0 Å². The summed E-state index contributed by atoms with van der Waals surface area (Å²) in [5.41, 5.74) is 0.203. The van der Waals surface area contributed by atoms with Gasteiger partial charge in [0.2, 0.25) is 10.0 Å². The molecule has 2 rings (SSSR count). The Kier molecular flexibility index (Phi) is 3.38. The van der Waals surface area contributed by atoms with Crippen LogP contribution < -0.4 is 4.72 Å². The molecule has 0 radical (unpaired) electrons. The van der Waals surface area contributed by atoms with Gasteiger partial charge in [0.15, 0.2) is 0 Å². The van der Waals surface area contributed by atoms with Crippen LogP contribution in [0.25, 0.3) is 0 Å². The highest BCUT2D eigenvalue weighted by molar-refractivity contribution is 7.89. The molecule has 2 N–H and O–H groups in total. The van der Waals surface area contributed by atoms with Crippen LogP contribution in [0, 0.1) is 0 Å². The van der Waals surface area contributed by atoms with Crippen LogP contribution >= 0.6 is 0 Å². The molecule has 0 spiro atoms. The summed E-state index contributed by atoms with van der Waals surface area (Å²) in [6.07, 6.45) is -1.25. The summed E-state index contributed by atoms with van der Waals surface area (Å²) in [7, 11) is -3.80. The first kappa shape index (κ1) is 13.0. The number of esters is 1. The molecule has 0 fully saturated rings. The first-order chi connectivity index (χ1) is 8.47. The van der Waals surface area contributed by atoms with Crippen LogP contribution in [-0.4, -0.2) is 32.1 Å². The van der Waals surface area contributed by atoms with Gasteiger partial charge < -0.3 is 9.84 Å². The average molecular weight is 271 g/mol. The molecule has 1 aliphatic heterocycles. The molecule has 1 heterocycles. The summed E-state index contributed by atoms with van der Waals surface area (Å²) in [6, 6.07) is 4.71. The van der Waals surface area contributed by atoms with Crippen molar-refractivity contribution in [2.45, 2.75) is 24.0 Å². The molecule has 0 amide bonds. The number of hydrogen-bond donors (Lipinski definition) is 2. The molecule has 0 aliphatic carbocycles. The third kappa shape index (κ3) is 2.12. The fourth-order valence-electron chi connectivity index (χ4n) is 1.85. The number of sulfonamides is 1. The van der Waals surface area contributed by atoms with E-state index < -0.39 is 28.1 Å². The number of rotatable bonds is 2. The summed E-state index contributed by atoms with van der Waals surface area (Å²) < 4.78 is 30.7. The lowest BCUT2D eigenvalue weighted by molar-refractivity contribution is -0.148. The highest BCUT2D eigenvalue weighted by Crippen LogP contribution is 2.30. The summed E-state index contributed by atoms with van der Waals surface area (Å²) in [5.74, 6) is -0.789. The summed E-state index contributed by atoms with van der Waals surface area (Å²) >= 11 is 0. The van der Waals surface area contributed by atoms with Gasteiger partial charge in [0.05, 0.1) is 11.5 Å². The fraction of sp³-hybridized carbons (Fsp3) is 0.364. The van der Waals surface area contributed by atoms with E-state index in [0.717, 1.165) is 0 Å². The molecule has 0 saturated carbocycles.